The van der Waals surface area contributed by atoms with Crippen molar-refractivity contribution in [1.29, 1.82) is 0 Å². The summed E-state index contributed by atoms with van der Waals surface area (Å²) < 4.78 is 1.98. The predicted molar refractivity (Wildman–Crippen MR) is 82.0 cm³/mol. The molecule has 104 valence electrons. The van der Waals surface area contributed by atoms with Crippen LogP contribution in [0.3, 0.4) is 0 Å². The second-order valence-corrected chi connectivity index (χ2v) is 5.22. The van der Waals surface area contributed by atoms with Crippen LogP contribution in [-0.4, -0.2) is 34.1 Å². The van der Waals surface area contributed by atoms with Crippen LogP contribution in [0.25, 0.3) is 11.0 Å². The number of benzene rings is 1. The Morgan fingerprint density at radius 2 is 1.84 bits per heavy atom. The summed E-state index contributed by atoms with van der Waals surface area (Å²) in [6.07, 6.45) is 0. The fraction of sp³-hybridized carbons (Fsp3) is 0.462. The van der Waals surface area contributed by atoms with Gasteiger partial charge in [-0.1, -0.05) is 37.0 Å². The number of nitrogen functional groups attached to an aromatic ring is 1. The highest BCUT2D eigenvalue weighted by Gasteiger charge is 2.11. The van der Waals surface area contributed by atoms with Gasteiger partial charge in [-0.25, -0.2) is 4.98 Å². The van der Waals surface area contributed by atoms with E-state index >= 15 is 0 Å². The third-order valence-corrected chi connectivity index (χ3v) is 4.08. The number of anilines is 1. The van der Waals surface area contributed by atoms with E-state index in [4.69, 9.17) is 28.9 Å². The number of rotatable bonds is 5. The highest BCUT2D eigenvalue weighted by molar-refractivity contribution is 6.42. The summed E-state index contributed by atoms with van der Waals surface area (Å²) in [6, 6.07) is 3.58. The fourth-order valence-electron chi connectivity index (χ4n) is 2.16. The minimum absolute atomic E-state index is 0.500. The van der Waals surface area contributed by atoms with Gasteiger partial charge in [-0.15, -0.1) is 0 Å². The molecule has 0 fully saturated rings. The molecule has 2 rings (SSSR count). The number of hydrogen-bond acceptors (Lipinski definition) is 3. The zero-order valence-electron chi connectivity index (χ0n) is 11.2. The van der Waals surface area contributed by atoms with E-state index in [1.807, 2.05) is 10.6 Å². The molecule has 2 N–H and O–H groups in total. The van der Waals surface area contributed by atoms with Gasteiger partial charge in [-0.05, 0) is 25.2 Å². The van der Waals surface area contributed by atoms with E-state index in [-0.39, 0.29) is 0 Å². The molecule has 0 spiro atoms. The molecule has 2 aromatic rings. The molecule has 1 aromatic carbocycles. The van der Waals surface area contributed by atoms with Crippen molar-refractivity contribution in [3.8, 4) is 0 Å². The Labute approximate surface area is 123 Å². The first-order chi connectivity index (χ1) is 9.06. The van der Waals surface area contributed by atoms with E-state index in [1.54, 1.807) is 6.07 Å². The van der Waals surface area contributed by atoms with Crippen LogP contribution in [0, 0.1) is 0 Å². The van der Waals surface area contributed by atoms with Crippen LogP contribution >= 0.6 is 23.2 Å². The van der Waals surface area contributed by atoms with Crippen LogP contribution in [0.2, 0.25) is 10.0 Å². The second kappa shape index (κ2) is 5.99. The molecule has 0 saturated carbocycles. The van der Waals surface area contributed by atoms with Crippen molar-refractivity contribution in [1.82, 2.24) is 14.5 Å². The molecule has 0 aliphatic rings. The lowest BCUT2D eigenvalue weighted by Crippen LogP contribution is -2.27. The van der Waals surface area contributed by atoms with E-state index in [0.29, 0.717) is 16.0 Å². The highest BCUT2D eigenvalue weighted by atomic mass is 35.5. The van der Waals surface area contributed by atoms with E-state index in [2.05, 4.69) is 23.7 Å². The van der Waals surface area contributed by atoms with Gasteiger partial charge < -0.3 is 15.2 Å². The summed E-state index contributed by atoms with van der Waals surface area (Å²) in [4.78, 5) is 6.66. The molecule has 0 saturated heterocycles. The summed E-state index contributed by atoms with van der Waals surface area (Å²) in [5.74, 6) is 0.500. The molecule has 6 heteroatoms. The van der Waals surface area contributed by atoms with E-state index < -0.39 is 0 Å². The summed E-state index contributed by atoms with van der Waals surface area (Å²) in [5, 5.41) is 1.03. The van der Waals surface area contributed by atoms with Crippen molar-refractivity contribution < 1.29 is 0 Å². The minimum Gasteiger partial charge on any atom is -0.369 e. The molecule has 0 aliphatic heterocycles. The molecule has 1 aromatic heterocycles. The number of imidazole rings is 1. The lowest BCUT2D eigenvalue weighted by atomic mass is 10.3. The Kier molecular flexibility index (Phi) is 4.55. The van der Waals surface area contributed by atoms with Crippen LogP contribution in [-0.2, 0) is 6.54 Å². The van der Waals surface area contributed by atoms with Gasteiger partial charge >= 0.3 is 0 Å². The van der Waals surface area contributed by atoms with Gasteiger partial charge in [0, 0.05) is 13.1 Å². The summed E-state index contributed by atoms with van der Waals surface area (Å²) in [7, 11) is 0. The Bertz CT molecular complexity index is 576. The number of nitrogens with two attached hydrogens (primary N) is 1. The first kappa shape index (κ1) is 14.4. The summed E-state index contributed by atoms with van der Waals surface area (Å²) >= 11 is 12.1. The van der Waals surface area contributed by atoms with Gasteiger partial charge in [0.2, 0.25) is 5.95 Å². The van der Waals surface area contributed by atoms with Crippen LogP contribution in [0.15, 0.2) is 12.1 Å². The van der Waals surface area contributed by atoms with Crippen molar-refractivity contribution in [2.45, 2.75) is 20.4 Å². The van der Waals surface area contributed by atoms with Crippen molar-refractivity contribution in [3.05, 3.63) is 22.2 Å². The third kappa shape index (κ3) is 2.96. The van der Waals surface area contributed by atoms with Gasteiger partial charge in [-0.3, -0.25) is 0 Å². The molecule has 0 amide bonds. The fourth-order valence-corrected chi connectivity index (χ4v) is 2.47. The maximum Gasteiger partial charge on any atom is 0.201 e. The molecule has 19 heavy (non-hydrogen) atoms. The van der Waals surface area contributed by atoms with Gasteiger partial charge in [0.15, 0.2) is 0 Å². The zero-order valence-corrected chi connectivity index (χ0v) is 12.7. The van der Waals surface area contributed by atoms with Crippen molar-refractivity contribution in [2.24, 2.45) is 0 Å². The van der Waals surface area contributed by atoms with Gasteiger partial charge in [0.05, 0.1) is 21.1 Å². The van der Waals surface area contributed by atoms with Crippen LogP contribution in [0.4, 0.5) is 5.95 Å². The molecule has 0 radical (unpaired) electrons. The van der Waals surface area contributed by atoms with E-state index in [0.717, 1.165) is 37.2 Å². The minimum atomic E-state index is 0.500. The molecule has 0 atom stereocenters. The third-order valence-electron chi connectivity index (χ3n) is 3.35. The molecule has 0 aliphatic carbocycles. The number of hydrogen-bond donors (Lipinski definition) is 1. The molecule has 1 heterocycles. The van der Waals surface area contributed by atoms with Gasteiger partial charge in [0.1, 0.15) is 0 Å². The Balaban J connectivity index is 2.32. The number of aromatic nitrogens is 2. The van der Waals surface area contributed by atoms with Gasteiger partial charge in [-0.2, -0.15) is 0 Å². The standard InChI is InChI=1S/C13H18Cl2N4/c1-3-18(4-2)5-6-19-12-8-10(15)9(14)7-11(12)17-13(19)16/h7-8H,3-6H2,1-2H3,(H2,16,17). The molecule has 0 unspecified atom stereocenters. The number of likely N-dealkylation sites (N-methyl/N-ethyl adjacent to an activating group) is 1. The van der Waals surface area contributed by atoms with E-state index in [1.165, 1.54) is 0 Å². The van der Waals surface area contributed by atoms with Crippen LogP contribution < -0.4 is 5.73 Å². The molecular formula is C13H18Cl2N4. The quantitative estimate of drug-likeness (QED) is 0.922. The molecular weight excluding hydrogens is 283 g/mol. The highest BCUT2D eigenvalue weighted by Crippen LogP contribution is 2.28. The number of nitrogens with zero attached hydrogens (tertiary/aromatic N) is 3. The lowest BCUT2D eigenvalue weighted by Gasteiger charge is -2.18. The zero-order chi connectivity index (χ0) is 14.0. The molecule has 4 nitrogen and oxygen atoms in total. The van der Waals surface area contributed by atoms with Gasteiger partial charge in [0.25, 0.3) is 0 Å². The van der Waals surface area contributed by atoms with Crippen molar-refractivity contribution >= 4 is 40.2 Å². The second-order valence-electron chi connectivity index (χ2n) is 4.40. The predicted octanol–water partition coefficient (Wildman–Crippen LogP) is 3.27. The largest absolute Gasteiger partial charge is 0.369 e. The Hall–Kier alpha value is -0.970. The summed E-state index contributed by atoms with van der Waals surface area (Å²) in [6.45, 7) is 8.07. The maximum absolute atomic E-state index is 6.06. The first-order valence-corrected chi connectivity index (χ1v) is 7.15. The average Bonchev–Trinajstić information content (AvgIpc) is 2.67. The Morgan fingerprint density at radius 3 is 2.47 bits per heavy atom. The van der Waals surface area contributed by atoms with E-state index in [9.17, 15) is 0 Å². The smallest absolute Gasteiger partial charge is 0.201 e. The average molecular weight is 301 g/mol. The first-order valence-electron chi connectivity index (χ1n) is 6.39. The monoisotopic (exact) mass is 300 g/mol. The Morgan fingerprint density at radius 1 is 1.21 bits per heavy atom. The number of fused-ring (bicyclic) bond motifs is 1. The lowest BCUT2D eigenvalue weighted by molar-refractivity contribution is 0.292. The van der Waals surface area contributed by atoms with Crippen molar-refractivity contribution in [2.75, 3.05) is 25.4 Å². The maximum atomic E-state index is 6.06. The topological polar surface area (TPSA) is 47.1 Å². The number of halogens is 2. The SMILES string of the molecule is CCN(CC)CCn1c(N)nc2cc(Cl)c(Cl)cc21. The normalized spacial score (nSPS) is 11.6. The van der Waals surface area contributed by atoms with Crippen LogP contribution in [0.1, 0.15) is 13.8 Å². The molecule has 0 bridgehead atoms. The van der Waals surface area contributed by atoms with Crippen molar-refractivity contribution in [3.63, 3.8) is 0 Å². The summed E-state index contributed by atoms with van der Waals surface area (Å²) in [5.41, 5.74) is 7.68. The van der Waals surface area contributed by atoms with Crippen LogP contribution in [0.5, 0.6) is 0 Å².